The number of rotatable bonds is 21. The van der Waals surface area contributed by atoms with Gasteiger partial charge in [0, 0.05) is 49.8 Å². The second kappa shape index (κ2) is 27.6. The van der Waals surface area contributed by atoms with E-state index in [-0.39, 0.29) is 52.8 Å². The predicted octanol–water partition coefficient (Wildman–Crippen LogP) is 4.43. The van der Waals surface area contributed by atoms with Crippen molar-refractivity contribution in [3.63, 3.8) is 0 Å². The zero-order valence-corrected chi connectivity index (χ0v) is 55.2. The lowest BCUT2D eigenvalue weighted by molar-refractivity contribution is -0.346. The standard InChI is InChI=1S/C70H76N4O22S/c1-37-45(31-70(88)58(95-63(85)43-27-19-12-20-28-43)56-68(8,46(77)30-47-69(56,36-91-47)96-39(3)76)57(80)54(92-38(2)75)50(37)67(70,6)7)93-64(86)55(51(41-23-15-10-16-24-41)73-59(81)42-25-17-11-18-26-42)94-49(79)32-66(4,5)35-71-65(87)90-33-44-34-97(89)61-52(60(82)74(61)53(44)62(83)84)72-48(78)29-40-21-13-9-14-22-40/h9-28,45-47,51-52,54-56,58,61,77,88H,29-36H2,1-8H3,(H,71,87)(H,72,78)(H,73,81)(H,83,84)/t45-,46-,47+,51-,52+,54+,55+,56?,58?,61?,68+,69-,70+,97?/m0/s1. The van der Waals surface area contributed by atoms with Crippen LogP contribution in [0.4, 0.5) is 4.79 Å². The summed E-state index contributed by atoms with van der Waals surface area (Å²) in [4.78, 5) is 155. The first-order valence-electron chi connectivity index (χ1n) is 31.4. The van der Waals surface area contributed by atoms with Crippen LogP contribution in [0.15, 0.2) is 144 Å². The molecule has 0 spiro atoms. The zero-order valence-electron chi connectivity index (χ0n) is 54.4. The van der Waals surface area contributed by atoms with Crippen molar-refractivity contribution < 1.29 is 105 Å². The maximum Gasteiger partial charge on any atom is 0.407 e. The van der Waals surface area contributed by atoms with Crippen LogP contribution in [0.5, 0.6) is 0 Å². The summed E-state index contributed by atoms with van der Waals surface area (Å²) >= 11 is 0. The predicted molar refractivity (Wildman–Crippen MR) is 340 cm³/mol. The van der Waals surface area contributed by atoms with E-state index in [1.165, 1.54) is 64.1 Å². The Balaban J connectivity index is 0.949. The number of carboxylic acids is 1. The zero-order chi connectivity index (χ0) is 70.3. The molecule has 4 unspecified atom stereocenters. The summed E-state index contributed by atoms with van der Waals surface area (Å²) in [5.74, 6) is -12.1. The van der Waals surface area contributed by atoms with Crippen LogP contribution >= 0.6 is 0 Å². The quantitative estimate of drug-likeness (QED) is 0.0291. The largest absolute Gasteiger partial charge is 0.477 e. The van der Waals surface area contributed by atoms with Crippen molar-refractivity contribution in [3.8, 4) is 0 Å². The van der Waals surface area contributed by atoms with E-state index < -0.39 is 201 Å². The molecule has 6 aliphatic rings. The summed E-state index contributed by atoms with van der Waals surface area (Å²) in [6, 6.07) is 29.2. The van der Waals surface area contributed by atoms with Crippen molar-refractivity contribution in [2.75, 3.05) is 25.5 Å². The van der Waals surface area contributed by atoms with Crippen molar-refractivity contribution in [1.82, 2.24) is 20.9 Å². The molecule has 26 nitrogen and oxygen atoms in total. The van der Waals surface area contributed by atoms with Gasteiger partial charge >= 0.3 is 41.9 Å². The van der Waals surface area contributed by atoms with Crippen LogP contribution in [-0.2, 0) is 88.7 Å². The topological polar surface area (TPSA) is 369 Å². The number of ketones is 1. The highest BCUT2D eigenvalue weighted by atomic mass is 32.2. The fourth-order valence-electron chi connectivity index (χ4n) is 14.4. The van der Waals surface area contributed by atoms with Gasteiger partial charge in [0.25, 0.3) is 11.8 Å². The molecule has 14 atom stereocenters. The normalized spacial score (nSPS) is 28.3. The Bertz CT molecular complexity index is 3900. The first kappa shape index (κ1) is 70.4. The van der Waals surface area contributed by atoms with Gasteiger partial charge in [-0.3, -0.25) is 42.7 Å². The maximum absolute atomic E-state index is 15.9. The minimum atomic E-state index is -2.58. The second-order valence-corrected chi connectivity index (χ2v) is 28.2. The van der Waals surface area contributed by atoms with Crippen LogP contribution in [0.25, 0.3) is 0 Å². The van der Waals surface area contributed by atoms with Gasteiger partial charge in [-0.25, -0.2) is 19.2 Å². The number of carbonyl (C=O) groups excluding carboxylic acids is 10. The number of aliphatic hydroxyl groups excluding tert-OH is 1. The molecule has 4 aromatic carbocycles. The van der Waals surface area contributed by atoms with Gasteiger partial charge in [0.1, 0.15) is 53.7 Å². The number of aliphatic carboxylic acids is 1. The van der Waals surface area contributed by atoms with Crippen LogP contribution < -0.4 is 16.0 Å². The number of amides is 4. The molecule has 514 valence electrons. The summed E-state index contributed by atoms with van der Waals surface area (Å²) < 4.78 is 56.2. The number of nitrogens with zero attached hydrogens (tertiary/aromatic N) is 1. The van der Waals surface area contributed by atoms with Crippen molar-refractivity contribution >= 4 is 76.2 Å². The molecule has 27 heteroatoms. The molecule has 4 amide bonds. The average molecular weight is 1360 g/mol. The number of aliphatic hydroxyl groups is 2. The van der Waals surface area contributed by atoms with Gasteiger partial charge in [0.15, 0.2) is 17.5 Å². The number of Topliss-reactive ketones (excluding diaryl/α,β-unsaturated/α-hetero) is 1. The third kappa shape index (κ3) is 13.6. The first-order valence-corrected chi connectivity index (χ1v) is 32.8. The monoisotopic (exact) mass is 1360 g/mol. The Labute approximate surface area is 560 Å². The Kier molecular flexibility index (Phi) is 20.0. The summed E-state index contributed by atoms with van der Waals surface area (Å²) in [5.41, 5.74) is -9.61. The lowest BCUT2D eigenvalue weighted by Gasteiger charge is -2.67. The number of hydrogen-bond donors (Lipinski definition) is 6. The van der Waals surface area contributed by atoms with Crippen LogP contribution in [0, 0.1) is 22.2 Å². The highest BCUT2D eigenvalue weighted by molar-refractivity contribution is 7.86. The summed E-state index contributed by atoms with van der Waals surface area (Å²) in [5, 5.41) is 43.4. The Morgan fingerprint density at radius 3 is 2.01 bits per heavy atom. The van der Waals surface area contributed by atoms with E-state index in [9.17, 15) is 62.7 Å². The van der Waals surface area contributed by atoms with E-state index in [4.69, 9.17) is 33.2 Å². The van der Waals surface area contributed by atoms with E-state index >= 15 is 9.59 Å². The molecule has 3 aliphatic carbocycles. The van der Waals surface area contributed by atoms with Gasteiger partial charge in [-0.1, -0.05) is 125 Å². The number of benzene rings is 4. The molecule has 2 saturated carbocycles. The minimum absolute atomic E-state index is 0.0121. The summed E-state index contributed by atoms with van der Waals surface area (Å²) in [7, 11) is -1.95. The van der Waals surface area contributed by atoms with Crippen LogP contribution in [0.3, 0.4) is 0 Å². The van der Waals surface area contributed by atoms with Crippen molar-refractivity contribution in [3.05, 3.63) is 166 Å². The number of hydrogen-bond acceptors (Lipinski definition) is 21. The number of ether oxygens (including phenoxy) is 7. The van der Waals surface area contributed by atoms with Gasteiger partial charge in [0.2, 0.25) is 12.0 Å². The first-order chi connectivity index (χ1) is 45.8. The fraction of sp³-hybridized carbons (Fsp3) is 0.443. The third-order valence-corrected chi connectivity index (χ3v) is 21.0. The number of fused-ring (bicyclic) bond motifs is 6. The Morgan fingerprint density at radius 2 is 1.42 bits per heavy atom. The number of carbonyl (C=O) groups is 11. The molecular weight excluding hydrogens is 1280 g/mol. The van der Waals surface area contributed by atoms with Crippen LogP contribution in [-0.4, -0.2) is 175 Å². The third-order valence-electron chi connectivity index (χ3n) is 19.4. The molecule has 3 heterocycles. The van der Waals surface area contributed by atoms with Gasteiger partial charge in [-0.2, -0.15) is 0 Å². The summed E-state index contributed by atoms with van der Waals surface area (Å²) in [6.45, 7) is 9.55. The maximum atomic E-state index is 15.9. The molecule has 2 saturated heterocycles. The van der Waals surface area contributed by atoms with Gasteiger partial charge in [0.05, 0.1) is 59.0 Å². The minimum Gasteiger partial charge on any atom is -0.477 e. The molecule has 3 aliphatic heterocycles. The number of nitrogens with one attached hydrogen (secondary N) is 3. The molecule has 4 fully saturated rings. The van der Waals surface area contributed by atoms with E-state index in [0.717, 1.165) is 18.7 Å². The molecule has 0 aromatic heterocycles. The van der Waals surface area contributed by atoms with E-state index in [1.807, 2.05) is 0 Å². The Morgan fingerprint density at radius 1 is 0.814 bits per heavy atom. The number of esters is 5. The molecule has 2 bridgehead atoms. The lowest BCUT2D eigenvalue weighted by Crippen LogP contribution is -2.82. The summed E-state index contributed by atoms with van der Waals surface area (Å²) in [6.07, 6.45) is -13.4. The molecular formula is C70H76N4O22S. The average Bonchev–Trinajstić information content (AvgIpc) is 0.668. The fourth-order valence-corrected chi connectivity index (χ4v) is 16.1. The van der Waals surface area contributed by atoms with E-state index in [2.05, 4.69) is 16.0 Å². The van der Waals surface area contributed by atoms with Crippen molar-refractivity contribution in [2.45, 2.75) is 146 Å². The second-order valence-electron chi connectivity index (χ2n) is 26.7. The Hall–Kier alpha value is -9.44. The molecule has 6 N–H and O–H groups in total. The molecule has 97 heavy (non-hydrogen) atoms. The molecule has 0 radical (unpaired) electrons. The smallest absolute Gasteiger partial charge is 0.407 e. The highest BCUT2D eigenvalue weighted by Crippen LogP contribution is 2.64. The van der Waals surface area contributed by atoms with Gasteiger partial charge < -0.3 is 64.4 Å². The number of β-lactam (4-membered cyclic amide) rings is 1. The SMILES string of the molecule is CC(=O)O[C@H]1C(=O)[C@@]2(C)C(C(OC(=O)c3ccccc3)[C@]3(O)C[C@H](OC(=O)[C@H](OC(=O)CC(C)(C)CNC(=O)OCC4=C(C(=O)O)N5C(=O)[C@@H](NC(=O)Cc6ccccc6)C5S(=O)C4)[C@@H](NC(=O)c4ccccc4)c4ccccc4)C(C)=C1C3(C)C)[C@]1(OC(C)=O)CO[C@@H]1C[C@@H]2O. The number of carboxylic acid groups (broad SMARTS) is 1. The van der Waals surface area contributed by atoms with Crippen molar-refractivity contribution in [1.29, 1.82) is 0 Å². The van der Waals surface area contributed by atoms with Gasteiger partial charge in [-0.05, 0) is 65.8 Å². The van der Waals surface area contributed by atoms with Crippen LogP contribution in [0.2, 0.25) is 0 Å². The van der Waals surface area contributed by atoms with E-state index in [1.54, 1.807) is 98.8 Å². The van der Waals surface area contributed by atoms with Gasteiger partial charge in [-0.15, -0.1) is 0 Å². The number of alkyl carbamates (subject to hydrolysis) is 1. The highest BCUT2D eigenvalue weighted by Gasteiger charge is 2.78. The lowest BCUT2D eigenvalue weighted by atomic mass is 9.44. The van der Waals surface area contributed by atoms with Crippen molar-refractivity contribution in [2.24, 2.45) is 22.2 Å². The molecule has 10 rings (SSSR count). The van der Waals surface area contributed by atoms with E-state index in [0.29, 0.717) is 5.56 Å². The molecule has 4 aromatic rings. The van der Waals surface area contributed by atoms with Crippen LogP contribution in [0.1, 0.15) is 113 Å².